The van der Waals surface area contributed by atoms with E-state index in [2.05, 4.69) is 17.1 Å². The molecule has 112 valence electrons. The lowest BCUT2D eigenvalue weighted by Gasteiger charge is -2.30. The molecule has 0 atom stereocenters. The molecule has 7 heteroatoms. The second kappa shape index (κ2) is 6.42. The Morgan fingerprint density at radius 2 is 2.10 bits per heavy atom. The maximum absolute atomic E-state index is 12.4. The number of amides is 1. The van der Waals surface area contributed by atoms with Crippen LogP contribution in [0.25, 0.3) is 0 Å². The number of thiophene rings is 1. The minimum atomic E-state index is 0.0943. The monoisotopic (exact) mass is 341 g/mol. The molecule has 0 bridgehead atoms. The van der Waals surface area contributed by atoms with Crippen molar-refractivity contribution < 1.29 is 4.79 Å². The molecule has 0 N–H and O–H groups in total. The van der Waals surface area contributed by atoms with E-state index < -0.39 is 0 Å². The van der Waals surface area contributed by atoms with E-state index in [1.54, 1.807) is 23.5 Å². The quantitative estimate of drug-likeness (QED) is 0.852. The van der Waals surface area contributed by atoms with Crippen molar-refractivity contribution in [3.8, 4) is 0 Å². The van der Waals surface area contributed by atoms with E-state index in [4.69, 9.17) is 11.6 Å². The van der Waals surface area contributed by atoms with Crippen LogP contribution in [0, 0.1) is 0 Å². The Morgan fingerprint density at radius 3 is 2.67 bits per heavy atom. The zero-order valence-electron chi connectivity index (χ0n) is 11.7. The number of aromatic nitrogens is 2. The highest BCUT2D eigenvalue weighted by Crippen LogP contribution is 2.31. The predicted molar refractivity (Wildman–Crippen MR) is 86.5 cm³/mol. The molecule has 1 aliphatic rings. The third kappa shape index (κ3) is 3.27. The molecule has 3 heterocycles. The molecular formula is C14H16ClN3OS2. The molecular weight excluding hydrogens is 326 g/mol. The van der Waals surface area contributed by atoms with Gasteiger partial charge in [0.2, 0.25) is 0 Å². The summed E-state index contributed by atoms with van der Waals surface area (Å²) in [6, 6.07) is 3.58. The first-order valence-corrected chi connectivity index (χ1v) is 9.05. The van der Waals surface area contributed by atoms with Crippen LogP contribution in [-0.2, 0) is 6.42 Å². The molecule has 1 fully saturated rings. The Kier molecular flexibility index (Phi) is 4.57. The molecule has 0 aromatic carbocycles. The predicted octanol–water partition coefficient (Wildman–Crippen LogP) is 3.84. The number of carbonyl (C=O) groups is 1. The van der Waals surface area contributed by atoms with Gasteiger partial charge >= 0.3 is 0 Å². The van der Waals surface area contributed by atoms with Gasteiger partial charge in [-0.2, -0.15) is 0 Å². The van der Waals surface area contributed by atoms with Crippen LogP contribution in [0.4, 0.5) is 0 Å². The normalized spacial score (nSPS) is 16.4. The maximum Gasteiger partial charge on any atom is 0.263 e. The van der Waals surface area contributed by atoms with Crippen molar-refractivity contribution in [3.05, 3.63) is 31.4 Å². The molecule has 0 unspecified atom stereocenters. The van der Waals surface area contributed by atoms with Crippen LogP contribution in [0.2, 0.25) is 4.34 Å². The highest BCUT2D eigenvalue weighted by Gasteiger charge is 2.27. The molecule has 0 saturated carbocycles. The molecule has 21 heavy (non-hydrogen) atoms. The van der Waals surface area contributed by atoms with E-state index in [0.717, 1.165) is 47.2 Å². The summed E-state index contributed by atoms with van der Waals surface area (Å²) in [7, 11) is 0. The van der Waals surface area contributed by atoms with Crippen molar-refractivity contribution in [1.29, 1.82) is 0 Å². The van der Waals surface area contributed by atoms with Crippen molar-refractivity contribution in [2.24, 2.45) is 0 Å². The summed E-state index contributed by atoms with van der Waals surface area (Å²) in [5.41, 5.74) is 0. The number of carbonyl (C=O) groups excluding carboxylic acids is 1. The fourth-order valence-corrected chi connectivity index (χ4v) is 4.45. The minimum absolute atomic E-state index is 0.0943. The minimum Gasteiger partial charge on any atom is -0.338 e. The van der Waals surface area contributed by atoms with Crippen LogP contribution in [0.5, 0.6) is 0 Å². The van der Waals surface area contributed by atoms with Gasteiger partial charge in [0.05, 0.1) is 9.21 Å². The third-order valence-corrected chi connectivity index (χ3v) is 6.15. The molecule has 1 aliphatic heterocycles. The Labute approximate surface area is 136 Å². The first kappa shape index (κ1) is 14.9. The van der Waals surface area contributed by atoms with E-state index >= 15 is 0 Å². The average Bonchev–Trinajstić information content (AvgIpc) is 3.15. The number of rotatable bonds is 3. The van der Waals surface area contributed by atoms with Crippen molar-refractivity contribution in [1.82, 2.24) is 15.1 Å². The smallest absolute Gasteiger partial charge is 0.263 e. The standard InChI is InChI=1S/C14H16ClN3OS2/c1-2-12-16-17-13(21-12)9-5-7-18(8-6-9)14(19)10-3-4-11(15)20-10/h3-4,9H,2,5-8H2,1H3. The largest absolute Gasteiger partial charge is 0.338 e. The lowest BCUT2D eigenvalue weighted by Crippen LogP contribution is -2.37. The summed E-state index contributed by atoms with van der Waals surface area (Å²) in [5.74, 6) is 0.538. The summed E-state index contributed by atoms with van der Waals surface area (Å²) in [6.07, 6.45) is 2.86. The Bertz CT molecular complexity index is 632. The molecule has 1 saturated heterocycles. The molecule has 0 aliphatic carbocycles. The van der Waals surface area contributed by atoms with Crippen molar-refractivity contribution in [2.75, 3.05) is 13.1 Å². The van der Waals surface area contributed by atoms with Crippen LogP contribution < -0.4 is 0 Å². The van der Waals surface area contributed by atoms with Crippen molar-refractivity contribution in [2.45, 2.75) is 32.1 Å². The molecule has 0 radical (unpaired) electrons. The molecule has 4 nitrogen and oxygen atoms in total. The molecule has 2 aromatic rings. The second-order valence-electron chi connectivity index (χ2n) is 5.06. The fraction of sp³-hybridized carbons (Fsp3) is 0.500. The number of aryl methyl sites for hydroxylation is 1. The lowest BCUT2D eigenvalue weighted by atomic mass is 9.97. The molecule has 1 amide bonds. The van der Waals surface area contributed by atoms with Crippen molar-refractivity contribution >= 4 is 40.2 Å². The SMILES string of the molecule is CCc1nnc(C2CCN(C(=O)c3ccc(Cl)s3)CC2)s1. The lowest BCUT2D eigenvalue weighted by molar-refractivity contribution is 0.0718. The number of hydrogen-bond donors (Lipinski definition) is 0. The van der Waals surface area contributed by atoms with Gasteiger partial charge in [-0.25, -0.2) is 0 Å². The highest BCUT2D eigenvalue weighted by atomic mass is 35.5. The second-order valence-corrected chi connectivity index (χ2v) is 7.87. The van der Waals surface area contributed by atoms with Gasteiger partial charge in [-0.15, -0.1) is 32.9 Å². The zero-order chi connectivity index (χ0) is 14.8. The number of halogens is 1. The number of hydrogen-bond acceptors (Lipinski definition) is 5. The fourth-order valence-electron chi connectivity index (χ4n) is 2.49. The van der Waals surface area contributed by atoms with E-state index in [1.165, 1.54) is 11.3 Å². The molecule has 3 rings (SSSR count). The summed E-state index contributed by atoms with van der Waals surface area (Å²) < 4.78 is 0.661. The van der Waals surface area contributed by atoms with Crippen LogP contribution in [0.15, 0.2) is 12.1 Å². The van der Waals surface area contributed by atoms with Gasteiger partial charge in [0.25, 0.3) is 5.91 Å². The average molecular weight is 342 g/mol. The van der Waals surface area contributed by atoms with Crippen LogP contribution in [-0.4, -0.2) is 34.1 Å². The van der Waals surface area contributed by atoms with Crippen LogP contribution in [0.1, 0.15) is 45.4 Å². The zero-order valence-corrected chi connectivity index (χ0v) is 14.1. The maximum atomic E-state index is 12.4. The third-order valence-electron chi connectivity index (χ3n) is 3.70. The van der Waals surface area contributed by atoms with E-state index in [0.29, 0.717) is 10.3 Å². The van der Waals surface area contributed by atoms with Gasteiger partial charge in [-0.3, -0.25) is 4.79 Å². The molecule has 0 spiro atoms. The van der Waals surface area contributed by atoms with Gasteiger partial charge in [0.1, 0.15) is 10.0 Å². The van der Waals surface area contributed by atoms with Gasteiger partial charge in [-0.1, -0.05) is 18.5 Å². The summed E-state index contributed by atoms with van der Waals surface area (Å²) in [6.45, 7) is 3.65. The number of likely N-dealkylation sites (tertiary alicyclic amines) is 1. The first-order chi connectivity index (χ1) is 10.2. The van der Waals surface area contributed by atoms with E-state index in [-0.39, 0.29) is 5.91 Å². The Morgan fingerprint density at radius 1 is 1.33 bits per heavy atom. The summed E-state index contributed by atoms with van der Waals surface area (Å²) >= 11 is 8.95. The van der Waals surface area contributed by atoms with Crippen LogP contribution in [0.3, 0.4) is 0 Å². The van der Waals surface area contributed by atoms with Gasteiger partial charge < -0.3 is 4.90 Å². The Balaban J connectivity index is 1.61. The highest BCUT2D eigenvalue weighted by molar-refractivity contribution is 7.18. The van der Waals surface area contributed by atoms with Gasteiger partial charge in [0, 0.05) is 19.0 Å². The van der Waals surface area contributed by atoms with E-state index in [9.17, 15) is 4.79 Å². The summed E-state index contributed by atoms with van der Waals surface area (Å²) in [5, 5.41) is 10.7. The number of nitrogens with zero attached hydrogens (tertiary/aromatic N) is 3. The van der Waals surface area contributed by atoms with Gasteiger partial charge in [0.15, 0.2) is 0 Å². The van der Waals surface area contributed by atoms with E-state index in [1.807, 2.05) is 4.90 Å². The molecule has 2 aromatic heterocycles. The summed E-state index contributed by atoms with van der Waals surface area (Å²) in [4.78, 5) is 15.0. The number of piperidine rings is 1. The topological polar surface area (TPSA) is 46.1 Å². The Hall–Kier alpha value is -0.980. The van der Waals surface area contributed by atoms with Crippen molar-refractivity contribution in [3.63, 3.8) is 0 Å². The van der Waals surface area contributed by atoms with Crippen LogP contribution >= 0.6 is 34.3 Å². The first-order valence-electron chi connectivity index (χ1n) is 7.04. The van der Waals surface area contributed by atoms with Gasteiger partial charge in [-0.05, 0) is 31.4 Å².